The predicted molar refractivity (Wildman–Crippen MR) is 79.3 cm³/mol. The van der Waals surface area contributed by atoms with E-state index in [1.165, 1.54) is 27.1 Å². The third-order valence-electron chi connectivity index (χ3n) is 3.56. The minimum atomic E-state index is 0.106. The minimum Gasteiger partial charge on any atom is -0.326 e. The number of fused-ring (bicyclic) bond motifs is 1. The zero-order valence-corrected chi connectivity index (χ0v) is 11.6. The molecule has 3 nitrogen and oxygen atoms in total. The van der Waals surface area contributed by atoms with Gasteiger partial charge in [-0.25, -0.2) is 0 Å². The molecule has 1 amide bonds. The molecule has 2 heterocycles. The van der Waals surface area contributed by atoms with Gasteiger partial charge < -0.3 is 11.1 Å². The molecule has 0 saturated carbocycles. The number of anilines is 1. The Morgan fingerprint density at radius 3 is 3.00 bits per heavy atom. The highest BCUT2D eigenvalue weighted by Crippen LogP contribution is 2.35. The Hall–Kier alpha value is -1.65. The second-order valence-corrected chi connectivity index (χ2v) is 5.90. The van der Waals surface area contributed by atoms with Crippen LogP contribution < -0.4 is 11.1 Å². The monoisotopic (exact) mass is 272 g/mol. The second kappa shape index (κ2) is 4.79. The molecular formula is C15H16N2OS. The Labute approximate surface area is 116 Å². The van der Waals surface area contributed by atoms with Gasteiger partial charge in [-0.2, -0.15) is 0 Å². The summed E-state index contributed by atoms with van der Waals surface area (Å²) in [4.78, 5) is 12.7. The lowest BCUT2D eigenvalue weighted by Crippen LogP contribution is -2.18. The summed E-state index contributed by atoms with van der Waals surface area (Å²) in [7, 11) is 0. The quantitative estimate of drug-likeness (QED) is 0.882. The highest BCUT2D eigenvalue weighted by Gasteiger charge is 2.17. The molecule has 19 heavy (non-hydrogen) atoms. The number of nitrogens with one attached hydrogen (secondary N) is 1. The average molecular weight is 272 g/mol. The summed E-state index contributed by atoms with van der Waals surface area (Å²) in [5.74, 6) is 0.106. The summed E-state index contributed by atoms with van der Waals surface area (Å²) < 4.78 is 0. The molecule has 1 aromatic carbocycles. The van der Waals surface area contributed by atoms with Gasteiger partial charge in [0.05, 0.1) is 0 Å². The first kappa shape index (κ1) is 12.4. The maximum Gasteiger partial charge on any atom is 0.224 e. The van der Waals surface area contributed by atoms with Crippen molar-refractivity contribution >= 4 is 22.9 Å². The summed E-state index contributed by atoms with van der Waals surface area (Å²) in [6, 6.07) is 6.25. The number of aryl methyl sites for hydroxylation is 2. The van der Waals surface area contributed by atoms with E-state index in [4.69, 9.17) is 5.73 Å². The van der Waals surface area contributed by atoms with Crippen molar-refractivity contribution in [3.05, 3.63) is 39.6 Å². The largest absolute Gasteiger partial charge is 0.326 e. The molecule has 2 aromatic rings. The van der Waals surface area contributed by atoms with E-state index in [0.717, 1.165) is 12.1 Å². The van der Waals surface area contributed by atoms with Gasteiger partial charge in [-0.1, -0.05) is 6.07 Å². The van der Waals surface area contributed by atoms with Gasteiger partial charge in [-0.05, 0) is 53.1 Å². The lowest BCUT2D eigenvalue weighted by molar-refractivity contribution is -0.116. The lowest BCUT2D eigenvalue weighted by Gasteiger charge is -2.18. The first-order valence-corrected chi connectivity index (χ1v) is 7.27. The molecule has 3 N–H and O–H groups in total. The summed E-state index contributed by atoms with van der Waals surface area (Å²) in [6.07, 6.45) is 1.39. The van der Waals surface area contributed by atoms with E-state index in [2.05, 4.69) is 29.8 Å². The number of thiophene rings is 1. The molecule has 1 aromatic heterocycles. The van der Waals surface area contributed by atoms with E-state index in [0.29, 0.717) is 13.0 Å². The fraction of sp³-hybridized carbons (Fsp3) is 0.267. The Morgan fingerprint density at radius 2 is 2.21 bits per heavy atom. The van der Waals surface area contributed by atoms with E-state index in [1.807, 2.05) is 6.07 Å². The zero-order valence-electron chi connectivity index (χ0n) is 10.8. The van der Waals surface area contributed by atoms with Gasteiger partial charge in [-0.3, -0.25) is 4.79 Å². The summed E-state index contributed by atoms with van der Waals surface area (Å²) in [5, 5.41) is 5.05. The first-order valence-electron chi connectivity index (χ1n) is 6.39. The molecular weight excluding hydrogens is 256 g/mol. The molecule has 0 radical (unpaired) electrons. The van der Waals surface area contributed by atoms with Gasteiger partial charge in [0.25, 0.3) is 0 Å². The van der Waals surface area contributed by atoms with Crippen molar-refractivity contribution < 1.29 is 4.79 Å². The van der Waals surface area contributed by atoms with Crippen LogP contribution >= 0.6 is 11.3 Å². The van der Waals surface area contributed by atoms with E-state index in [1.54, 1.807) is 11.3 Å². The first-order chi connectivity index (χ1) is 9.19. The van der Waals surface area contributed by atoms with Crippen LogP contribution in [0.15, 0.2) is 23.6 Å². The van der Waals surface area contributed by atoms with Gasteiger partial charge in [0.1, 0.15) is 0 Å². The molecule has 3 rings (SSSR count). The molecule has 0 fully saturated rings. The molecule has 1 aliphatic rings. The molecule has 0 unspecified atom stereocenters. The maximum atomic E-state index is 11.4. The standard InChI is InChI=1S/C15H16N2OS/c1-9-15(12(7-16)8-19-9)11-2-4-13-10(6-11)3-5-14(18)17-13/h2,4,6,8H,3,5,7,16H2,1H3,(H,17,18). The molecule has 4 heteroatoms. The number of carbonyl (C=O) groups is 1. The van der Waals surface area contributed by atoms with Crippen LogP contribution in [0.1, 0.15) is 22.4 Å². The van der Waals surface area contributed by atoms with Crippen LogP contribution in [-0.2, 0) is 17.8 Å². The summed E-state index contributed by atoms with van der Waals surface area (Å²) in [5.41, 5.74) is 11.6. The number of amides is 1. The lowest BCUT2D eigenvalue weighted by atomic mass is 9.95. The molecule has 0 spiro atoms. The molecule has 0 bridgehead atoms. The minimum absolute atomic E-state index is 0.106. The Kier molecular flexibility index (Phi) is 3.12. The number of carbonyl (C=O) groups excluding carboxylic acids is 1. The van der Waals surface area contributed by atoms with Gasteiger partial charge in [0.2, 0.25) is 5.91 Å². The van der Waals surface area contributed by atoms with Crippen molar-refractivity contribution in [2.24, 2.45) is 5.73 Å². The zero-order chi connectivity index (χ0) is 13.4. The molecule has 0 aliphatic carbocycles. The van der Waals surface area contributed by atoms with Crippen LogP contribution in [0.25, 0.3) is 11.1 Å². The van der Waals surface area contributed by atoms with Crippen molar-refractivity contribution in [1.82, 2.24) is 0 Å². The number of hydrogen-bond donors (Lipinski definition) is 2. The topological polar surface area (TPSA) is 55.1 Å². The number of hydrogen-bond acceptors (Lipinski definition) is 3. The molecule has 0 atom stereocenters. The third-order valence-corrected chi connectivity index (χ3v) is 4.52. The highest BCUT2D eigenvalue weighted by atomic mass is 32.1. The van der Waals surface area contributed by atoms with Crippen LogP contribution in [0.4, 0.5) is 5.69 Å². The number of rotatable bonds is 2. The van der Waals surface area contributed by atoms with Crippen molar-refractivity contribution in [3.63, 3.8) is 0 Å². The van der Waals surface area contributed by atoms with Crippen LogP contribution in [0, 0.1) is 6.92 Å². The SMILES string of the molecule is Cc1scc(CN)c1-c1ccc2c(c1)CCC(=O)N2. The van der Waals surface area contributed by atoms with Crippen molar-refractivity contribution in [3.8, 4) is 11.1 Å². The maximum absolute atomic E-state index is 11.4. The second-order valence-electron chi connectivity index (χ2n) is 4.82. The fourth-order valence-corrected chi connectivity index (χ4v) is 3.48. The van der Waals surface area contributed by atoms with E-state index >= 15 is 0 Å². The van der Waals surface area contributed by atoms with Gasteiger partial charge in [-0.15, -0.1) is 11.3 Å². The van der Waals surface area contributed by atoms with E-state index in [-0.39, 0.29) is 5.91 Å². The third kappa shape index (κ3) is 2.17. The van der Waals surface area contributed by atoms with Crippen LogP contribution in [-0.4, -0.2) is 5.91 Å². The van der Waals surface area contributed by atoms with E-state index < -0.39 is 0 Å². The van der Waals surface area contributed by atoms with Crippen molar-refractivity contribution in [2.75, 3.05) is 5.32 Å². The van der Waals surface area contributed by atoms with Crippen molar-refractivity contribution in [2.45, 2.75) is 26.3 Å². The Bertz CT molecular complexity index is 646. The Balaban J connectivity index is 2.07. The van der Waals surface area contributed by atoms with Crippen LogP contribution in [0.3, 0.4) is 0 Å². The number of benzene rings is 1. The van der Waals surface area contributed by atoms with Crippen molar-refractivity contribution in [1.29, 1.82) is 0 Å². The average Bonchev–Trinajstić information content (AvgIpc) is 2.79. The summed E-state index contributed by atoms with van der Waals surface area (Å²) in [6.45, 7) is 2.69. The van der Waals surface area contributed by atoms with Gasteiger partial charge in [0, 0.05) is 23.5 Å². The number of nitrogens with two attached hydrogens (primary N) is 1. The molecule has 98 valence electrons. The van der Waals surface area contributed by atoms with E-state index in [9.17, 15) is 4.79 Å². The van der Waals surface area contributed by atoms with Crippen LogP contribution in [0.2, 0.25) is 0 Å². The van der Waals surface area contributed by atoms with Crippen LogP contribution in [0.5, 0.6) is 0 Å². The van der Waals surface area contributed by atoms with Gasteiger partial charge >= 0.3 is 0 Å². The Morgan fingerprint density at radius 1 is 1.37 bits per heavy atom. The summed E-state index contributed by atoms with van der Waals surface area (Å²) >= 11 is 1.74. The molecule has 1 aliphatic heterocycles. The normalized spacial score (nSPS) is 14.1. The van der Waals surface area contributed by atoms with Gasteiger partial charge in [0.15, 0.2) is 0 Å². The predicted octanol–water partition coefficient (Wildman–Crippen LogP) is 3.07. The smallest absolute Gasteiger partial charge is 0.224 e. The highest BCUT2D eigenvalue weighted by molar-refractivity contribution is 7.10. The molecule has 0 saturated heterocycles. The fourth-order valence-electron chi connectivity index (χ4n) is 2.58.